The molecule has 0 amide bonds. The molecule has 0 saturated heterocycles. The van der Waals surface area contributed by atoms with Crippen molar-refractivity contribution in [3.8, 4) is 0 Å². The number of hydrogen-bond acceptors (Lipinski definition) is 24. The highest BCUT2D eigenvalue weighted by atomic mass is 35.5. The molecule has 0 atom stereocenters. The average Bonchev–Trinajstić information content (AvgIpc) is 3.42. The zero-order chi connectivity index (χ0) is 59.5. The summed E-state index contributed by atoms with van der Waals surface area (Å²) in [5, 5.41) is -2.14. The molecule has 0 aromatic heterocycles. The minimum Gasteiger partial charge on any atom is -0.465 e. The molecule has 0 heterocycles. The van der Waals surface area contributed by atoms with Gasteiger partial charge in [0.25, 0.3) is 5.24 Å². The summed E-state index contributed by atoms with van der Waals surface area (Å²) < 4.78 is 55.8. The number of esters is 10. The molecular formula is C50H59Cl3O24. The second-order valence-electron chi connectivity index (χ2n) is 15.0. The first-order chi connectivity index (χ1) is 36.2. The van der Waals surface area contributed by atoms with Gasteiger partial charge in [0.1, 0.15) is 64.9 Å². The van der Waals surface area contributed by atoms with Gasteiger partial charge in [-0.25, -0.2) is 43.2 Å². The van der Waals surface area contributed by atoms with Gasteiger partial charge in [-0.3, -0.25) is 19.2 Å². The van der Waals surface area contributed by atoms with Crippen LogP contribution >= 0.6 is 34.8 Å². The van der Waals surface area contributed by atoms with Gasteiger partial charge in [0, 0.05) is 67.5 Å². The van der Waals surface area contributed by atoms with Crippen LogP contribution in [-0.4, -0.2) is 155 Å². The zero-order valence-corrected chi connectivity index (χ0v) is 44.1. The molecule has 0 aliphatic carbocycles. The van der Waals surface area contributed by atoms with Gasteiger partial charge < -0.3 is 52.1 Å². The molecule has 0 fully saturated rings. The lowest BCUT2D eigenvalue weighted by atomic mass is 9.85. The zero-order valence-electron chi connectivity index (χ0n) is 41.8. The predicted octanol–water partition coefficient (Wildman–Crippen LogP) is 3.90. The minimum absolute atomic E-state index is 0.0560. The molecule has 0 bridgehead atoms. The molecule has 24 nitrogen and oxygen atoms in total. The average molecular weight is 1150 g/mol. The fraction of sp³-hybridized carbons (Fsp3) is 0.380. The molecule has 27 heteroatoms. The van der Waals surface area contributed by atoms with Gasteiger partial charge in [0.15, 0.2) is 6.61 Å². The summed E-state index contributed by atoms with van der Waals surface area (Å²) in [7, 11) is 0. The summed E-state index contributed by atoms with van der Waals surface area (Å²) in [4.78, 5) is 147. The summed E-state index contributed by atoms with van der Waals surface area (Å²) in [6, 6.07) is 0. The Labute approximate surface area is 458 Å². The minimum atomic E-state index is -1.46. The van der Waals surface area contributed by atoms with E-state index in [0.717, 1.165) is 54.7 Å². The van der Waals surface area contributed by atoms with Crippen LogP contribution < -0.4 is 0 Å². The molecule has 424 valence electrons. The van der Waals surface area contributed by atoms with Crippen LogP contribution in [0.4, 0.5) is 0 Å². The van der Waals surface area contributed by atoms with Crippen molar-refractivity contribution in [2.75, 3.05) is 79.3 Å². The van der Waals surface area contributed by atoms with Crippen molar-refractivity contribution in [1.29, 1.82) is 0 Å². The Morgan fingerprint density at radius 2 is 0.519 bits per heavy atom. The van der Waals surface area contributed by atoms with E-state index in [0.29, 0.717) is 0 Å². The van der Waals surface area contributed by atoms with Crippen molar-refractivity contribution >= 4 is 110 Å². The van der Waals surface area contributed by atoms with E-state index in [4.69, 9.17) is 82.2 Å². The largest absolute Gasteiger partial charge is 0.465 e. The van der Waals surface area contributed by atoms with Crippen molar-refractivity contribution in [1.82, 2.24) is 0 Å². The highest BCUT2D eigenvalue weighted by molar-refractivity contribution is 6.64. The first kappa shape index (κ1) is 73.4. The molecule has 0 unspecified atom stereocenters. The topological polar surface area (TPSA) is 323 Å². The van der Waals surface area contributed by atoms with Gasteiger partial charge in [-0.05, 0) is 41.2 Å². The molecular weight excluding hydrogens is 1090 g/mol. The number of carbonyl (C=O) groups is 13. The van der Waals surface area contributed by atoms with Crippen LogP contribution in [0.25, 0.3) is 0 Å². The quantitative estimate of drug-likeness (QED) is 0.0364. The maximum atomic E-state index is 11.8. The SMILES string of the molecule is C=CC(=O)OCC(=O)Cl.C=CC(=O)OCC(CCC(=O)Cl)(COCC(COC(=O)C=C)(COC(=O)C=C)COC(=O)C=C)COC(=O)C=C.C=CC(=O)OCC(COC(=O)C=C)(COC(=O)C=C)COC(=O)CCC(=O)Cl. The first-order valence-corrected chi connectivity index (χ1v) is 22.8. The second kappa shape index (κ2) is 42.4. The Morgan fingerprint density at radius 1 is 0.286 bits per heavy atom. The third-order valence-corrected chi connectivity index (χ3v) is 9.21. The highest BCUT2D eigenvalue weighted by Crippen LogP contribution is 2.30. The number of carbonyl (C=O) groups excluding carboxylic acids is 13. The van der Waals surface area contributed by atoms with Crippen LogP contribution in [0.3, 0.4) is 0 Å². The van der Waals surface area contributed by atoms with Crippen LogP contribution in [0.2, 0.25) is 0 Å². The van der Waals surface area contributed by atoms with E-state index >= 15 is 0 Å². The van der Waals surface area contributed by atoms with Gasteiger partial charge >= 0.3 is 59.7 Å². The van der Waals surface area contributed by atoms with Crippen molar-refractivity contribution in [3.63, 3.8) is 0 Å². The lowest BCUT2D eigenvalue weighted by molar-refractivity contribution is -0.169. The summed E-state index contributed by atoms with van der Waals surface area (Å²) in [6.45, 7) is 24.4. The van der Waals surface area contributed by atoms with Crippen LogP contribution in [-0.2, 0) is 114 Å². The molecule has 0 aliphatic rings. The molecule has 0 aliphatic heterocycles. The van der Waals surface area contributed by atoms with Gasteiger partial charge in [-0.15, -0.1) is 0 Å². The van der Waals surface area contributed by atoms with Crippen LogP contribution in [0, 0.1) is 16.2 Å². The van der Waals surface area contributed by atoms with Crippen molar-refractivity contribution in [2.24, 2.45) is 16.2 Å². The molecule has 0 aromatic carbocycles. The number of halogens is 3. The van der Waals surface area contributed by atoms with Crippen molar-refractivity contribution < 1.29 is 114 Å². The van der Waals surface area contributed by atoms with E-state index in [-0.39, 0.29) is 52.1 Å². The van der Waals surface area contributed by atoms with E-state index in [9.17, 15) is 62.3 Å². The summed E-state index contributed by atoms with van der Waals surface area (Å²) in [6.07, 6.45) is 7.37. The van der Waals surface area contributed by atoms with Gasteiger partial charge in [-0.2, -0.15) is 0 Å². The molecule has 77 heavy (non-hydrogen) atoms. The Kier molecular flexibility index (Phi) is 40.5. The Bertz CT molecular complexity index is 2030. The van der Waals surface area contributed by atoms with Crippen LogP contribution in [0.15, 0.2) is 114 Å². The Hall–Kier alpha value is -7.80. The summed E-state index contributed by atoms with van der Waals surface area (Å²) in [5.41, 5.74) is -4.18. The molecule has 0 N–H and O–H groups in total. The molecule has 0 saturated carbocycles. The number of hydrogen-bond donors (Lipinski definition) is 0. The Balaban J connectivity index is -0.00000127. The van der Waals surface area contributed by atoms with E-state index in [2.05, 4.69) is 63.9 Å². The molecule has 0 rings (SSSR count). The standard InChI is InChI=1S/C27H33ClO12.C18H21ClO9.C5H5ClO3/c1-6-21(30)36-15-26(12-11-20(28)29,16-37-22(31)7-2)13-35-14-27(17-38-23(32)8-3,18-39-24(33)9-4)19-40-25(34)10-5;1-4-14(21)25-9-18(10-26-15(22)5-2,11-27-16(23)6-3)12-28-17(24)8-7-13(19)20;1-2-5(8)9-3-4(6)7/h6-10H,1-5,11-19H2;4-6H,1-3,7-12H2;2H,1,3H2. The lowest BCUT2D eigenvalue weighted by Crippen LogP contribution is -2.45. The summed E-state index contributed by atoms with van der Waals surface area (Å²) >= 11 is 15.5. The van der Waals surface area contributed by atoms with E-state index in [1.54, 1.807) is 0 Å². The van der Waals surface area contributed by atoms with Crippen molar-refractivity contribution in [3.05, 3.63) is 114 Å². The van der Waals surface area contributed by atoms with Crippen LogP contribution in [0.1, 0.15) is 25.7 Å². The molecule has 0 spiro atoms. The van der Waals surface area contributed by atoms with E-state index < -0.39 is 145 Å². The monoisotopic (exact) mass is 1150 g/mol. The summed E-state index contributed by atoms with van der Waals surface area (Å²) in [5.74, 6) is -7.88. The lowest BCUT2D eigenvalue weighted by Gasteiger charge is -2.35. The maximum absolute atomic E-state index is 11.8. The van der Waals surface area contributed by atoms with E-state index in [1.807, 2.05) is 0 Å². The fourth-order valence-electron chi connectivity index (χ4n) is 4.65. The predicted molar refractivity (Wildman–Crippen MR) is 271 cm³/mol. The molecule has 0 aromatic rings. The fourth-order valence-corrected chi connectivity index (χ4v) is 4.89. The second-order valence-corrected chi connectivity index (χ2v) is 16.3. The van der Waals surface area contributed by atoms with E-state index in [1.165, 1.54) is 0 Å². The van der Waals surface area contributed by atoms with Crippen LogP contribution in [0.5, 0.6) is 0 Å². The third kappa shape index (κ3) is 38.4. The molecule has 0 radical (unpaired) electrons. The highest BCUT2D eigenvalue weighted by Gasteiger charge is 2.40. The van der Waals surface area contributed by atoms with Gasteiger partial charge in [0.2, 0.25) is 10.5 Å². The smallest absolute Gasteiger partial charge is 0.330 e. The first-order valence-electron chi connectivity index (χ1n) is 21.7. The Morgan fingerprint density at radius 3 is 0.779 bits per heavy atom. The van der Waals surface area contributed by atoms with Crippen molar-refractivity contribution in [2.45, 2.75) is 25.7 Å². The maximum Gasteiger partial charge on any atom is 0.330 e. The third-order valence-electron chi connectivity index (χ3n) is 8.73. The number of ether oxygens (including phenoxy) is 11. The number of rotatable bonds is 39. The van der Waals surface area contributed by atoms with Gasteiger partial charge in [0.05, 0.1) is 30.5 Å². The normalized spacial score (nSPS) is 10.2. The van der Waals surface area contributed by atoms with Gasteiger partial charge in [-0.1, -0.05) is 59.2 Å².